The molecule has 3 aromatic rings. The zero-order valence-electron chi connectivity index (χ0n) is 15.9. The molecule has 0 aliphatic rings. The van der Waals surface area contributed by atoms with Crippen molar-refractivity contribution in [3.05, 3.63) is 69.5 Å². The number of benzene rings is 2. The van der Waals surface area contributed by atoms with Gasteiger partial charge in [-0.05, 0) is 56.2 Å². The number of aromatic hydroxyl groups is 2. The lowest BCUT2D eigenvalue weighted by Crippen LogP contribution is -2.41. The second-order valence-electron chi connectivity index (χ2n) is 7.18. The number of nitrogens with zero attached hydrogens (tertiary/aromatic N) is 3. The van der Waals surface area contributed by atoms with Gasteiger partial charge >= 0.3 is 0 Å². The highest BCUT2D eigenvalue weighted by molar-refractivity contribution is 6.35. The van der Waals surface area contributed by atoms with Gasteiger partial charge in [-0.15, -0.1) is 5.10 Å². The molecule has 1 aromatic heterocycles. The largest absolute Gasteiger partial charge is 0.504 e. The fourth-order valence-corrected chi connectivity index (χ4v) is 3.29. The van der Waals surface area contributed by atoms with Crippen LogP contribution in [0.1, 0.15) is 35.5 Å². The second-order valence-corrected chi connectivity index (χ2v) is 8.05. The summed E-state index contributed by atoms with van der Waals surface area (Å²) >= 11 is 11.9. The van der Waals surface area contributed by atoms with Crippen molar-refractivity contribution >= 4 is 29.1 Å². The third kappa shape index (κ3) is 5.19. The van der Waals surface area contributed by atoms with Crippen LogP contribution >= 0.6 is 23.2 Å². The fourth-order valence-electron chi connectivity index (χ4n) is 2.77. The number of amides is 1. The van der Waals surface area contributed by atoms with Crippen molar-refractivity contribution in [1.82, 2.24) is 20.3 Å². The number of hydrogen-bond acceptors (Lipinski definition) is 5. The van der Waals surface area contributed by atoms with Crippen molar-refractivity contribution in [3.8, 4) is 11.5 Å². The summed E-state index contributed by atoms with van der Waals surface area (Å²) in [7, 11) is 0. The first-order valence-corrected chi connectivity index (χ1v) is 9.60. The molecule has 0 saturated heterocycles. The first-order valence-electron chi connectivity index (χ1n) is 8.84. The van der Waals surface area contributed by atoms with Gasteiger partial charge in [0.15, 0.2) is 11.5 Å². The summed E-state index contributed by atoms with van der Waals surface area (Å²) in [4.78, 5) is 12.6. The molecule has 0 atom stereocenters. The van der Waals surface area contributed by atoms with E-state index in [1.807, 2.05) is 13.8 Å². The number of phenols is 2. The lowest BCUT2D eigenvalue weighted by atomic mass is 10.0. The SMILES string of the molecule is CC(C)(NC(=O)c1cc(Cl)cc(Cl)c1)c1cn(CCc2ccc(O)c(O)c2)nn1. The van der Waals surface area contributed by atoms with Gasteiger partial charge < -0.3 is 15.5 Å². The van der Waals surface area contributed by atoms with E-state index < -0.39 is 5.54 Å². The summed E-state index contributed by atoms with van der Waals surface area (Å²) in [6.45, 7) is 4.16. The summed E-state index contributed by atoms with van der Waals surface area (Å²) < 4.78 is 1.66. The minimum atomic E-state index is -0.777. The Morgan fingerprint density at radius 2 is 1.79 bits per heavy atom. The van der Waals surface area contributed by atoms with Crippen molar-refractivity contribution in [2.45, 2.75) is 32.4 Å². The van der Waals surface area contributed by atoms with Gasteiger partial charge in [0.2, 0.25) is 0 Å². The number of aryl methyl sites for hydroxylation is 2. The van der Waals surface area contributed by atoms with Crippen molar-refractivity contribution < 1.29 is 15.0 Å². The molecule has 0 spiro atoms. The highest BCUT2D eigenvalue weighted by Crippen LogP contribution is 2.25. The molecular weight excluding hydrogens is 415 g/mol. The molecule has 7 nitrogen and oxygen atoms in total. The van der Waals surface area contributed by atoms with E-state index in [9.17, 15) is 15.0 Å². The molecule has 0 radical (unpaired) electrons. The molecule has 0 unspecified atom stereocenters. The minimum Gasteiger partial charge on any atom is -0.504 e. The lowest BCUT2D eigenvalue weighted by Gasteiger charge is -2.23. The zero-order chi connectivity index (χ0) is 21.2. The molecular formula is C20H20Cl2N4O3. The number of aromatic nitrogens is 3. The van der Waals surface area contributed by atoms with E-state index in [2.05, 4.69) is 15.6 Å². The van der Waals surface area contributed by atoms with Crippen molar-refractivity contribution in [3.63, 3.8) is 0 Å². The molecule has 3 rings (SSSR count). The molecule has 3 N–H and O–H groups in total. The van der Waals surface area contributed by atoms with Gasteiger partial charge in [-0.2, -0.15) is 0 Å². The molecule has 0 fully saturated rings. The van der Waals surface area contributed by atoms with Crippen LogP contribution in [0.25, 0.3) is 0 Å². The Balaban J connectivity index is 1.67. The molecule has 0 bridgehead atoms. The minimum absolute atomic E-state index is 0.157. The van der Waals surface area contributed by atoms with Gasteiger partial charge in [0, 0.05) is 22.2 Å². The summed E-state index contributed by atoms with van der Waals surface area (Å²) in [5, 5.41) is 30.9. The molecule has 0 aliphatic heterocycles. The molecule has 1 amide bonds. The van der Waals surface area contributed by atoms with Gasteiger partial charge in [0.05, 0.1) is 11.7 Å². The summed E-state index contributed by atoms with van der Waals surface area (Å²) in [5.74, 6) is -0.643. The van der Waals surface area contributed by atoms with E-state index in [0.717, 1.165) is 5.56 Å². The van der Waals surface area contributed by atoms with E-state index in [1.54, 1.807) is 35.1 Å². The standard InChI is InChI=1S/C20H20Cl2N4O3/c1-20(2,23-19(29)13-8-14(21)10-15(22)9-13)18-11-26(25-24-18)6-5-12-3-4-16(27)17(28)7-12/h3-4,7-11,27-28H,5-6H2,1-2H3,(H,23,29). The van der Waals surface area contributed by atoms with E-state index in [4.69, 9.17) is 23.2 Å². The topological polar surface area (TPSA) is 100 Å². The van der Waals surface area contributed by atoms with Crippen LogP contribution in [0.5, 0.6) is 11.5 Å². The molecule has 9 heteroatoms. The first-order chi connectivity index (χ1) is 13.6. The smallest absolute Gasteiger partial charge is 0.252 e. The van der Waals surface area contributed by atoms with Gasteiger partial charge in [-0.1, -0.05) is 34.5 Å². The molecule has 2 aromatic carbocycles. The molecule has 0 saturated carbocycles. The third-order valence-corrected chi connectivity index (χ3v) is 4.84. The van der Waals surface area contributed by atoms with Crippen LogP contribution in [0.3, 0.4) is 0 Å². The Bertz CT molecular complexity index is 1030. The molecule has 152 valence electrons. The number of nitrogens with one attached hydrogen (secondary N) is 1. The monoisotopic (exact) mass is 434 g/mol. The first kappa shape index (κ1) is 21.0. The summed E-state index contributed by atoms with van der Waals surface area (Å²) in [6.07, 6.45) is 2.34. The van der Waals surface area contributed by atoms with Crippen LogP contribution < -0.4 is 5.32 Å². The summed E-state index contributed by atoms with van der Waals surface area (Å²) in [5.41, 5.74) is 1.02. The van der Waals surface area contributed by atoms with E-state index in [0.29, 0.717) is 34.3 Å². The Kier molecular flexibility index (Phi) is 6.00. The van der Waals surface area contributed by atoms with E-state index in [-0.39, 0.29) is 17.4 Å². The number of carbonyl (C=O) groups is 1. The fraction of sp³-hybridized carbons (Fsp3) is 0.250. The predicted octanol–water partition coefficient (Wildman–Crippen LogP) is 3.90. The van der Waals surface area contributed by atoms with E-state index in [1.165, 1.54) is 12.1 Å². The molecule has 0 aliphatic carbocycles. The third-order valence-electron chi connectivity index (χ3n) is 4.40. The lowest BCUT2D eigenvalue weighted by molar-refractivity contribution is 0.0910. The highest BCUT2D eigenvalue weighted by atomic mass is 35.5. The summed E-state index contributed by atoms with van der Waals surface area (Å²) in [6, 6.07) is 9.33. The Labute approximate surface area is 177 Å². The number of rotatable bonds is 6. The van der Waals surface area contributed by atoms with Crippen LogP contribution in [-0.2, 0) is 18.5 Å². The molecule has 29 heavy (non-hydrogen) atoms. The Hall–Kier alpha value is -2.77. The van der Waals surface area contributed by atoms with Gasteiger partial charge in [0.1, 0.15) is 5.69 Å². The highest BCUT2D eigenvalue weighted by Gasteiger charge is 2.27. The van der Waals surface area contributed by atoms with Crippen LogP contribution in [0.15, 0.2) is 42.6 Å². The predicted molar refractivity (Wildman–Crippen MR) is 110 cm³/mol. The van der Waals surface area contributed by atoms with Crippen molar-refractivity contribution in [2.75, 3.05) is 0 Å². The average Bonchev–Trinajstić information content (AvgIpc) is 3.11. The van der Waals surface area contributed by atoms with Crippen LogP contribution in [0.4, 0.5) is 0 Å². The van der Waals surface area contributed by atoms with E-state index >= 15 is 0 Å². The van der Waals surface area contributed by atoms with Crippen LogP contribution in [0.2, 0.25) is 10.0 Å². The Morgan fingerprint density at radius 1 is 1.10 bits per heavy atom. The normalized spacial score (nSPS) is 11.4. The van der Waals surface area contributed by atoms with Gasteiger partial charge in [-0.3, -0.25) is 9.48 Å². The Morgan fingerprint density at radius 3 is 2.45 bits per heavy atom. The van der Waals surface area contributed by atoms with Gasteiger partial charge in [-0.25, -0.2) is 0 Å². The van der Waals surface area contributed by atoms with Crippen LogP contribution in [-0.4, -0.2) is 31.1 Å². The number of carbonyl (C=O) groups excluding carboxylic acids is 1. The van der Waals surface area contributed by atoms with Crippen molar-refractivity contribution in [2.24, 2.45) is 0 Å². The number of hydrogen-bond donors (Lipinski definition) is 3. The maximum absolute atomic E-state index is 12.6. The molecule has 1 heterocycles. The second kappa shape index (κ2) is 8.31. The number of halogens is 2. The van der Waals surface area contributed by atoms with Crippen LogP contribution in [0, 0.1) is 0 Å². The average molecular weight is 435 g/mol. The van der Waals surface area contributed by atoms with Crippen molar-refractivity contribution in [1.29, 1.82) is 0 Å². The maximum atomic E-state index is 12.6. The van der Waals surface area contributed by atoms with Gasteiger partial charge in [0.25, 0.3) is 5.91 Å². The zero-order valence-corrected chi connectivity index (χ0v) is 17.4. The number of phenolic OH excluding ortho intramolecular Hbond substituents is 2. The maximum Gasteiger partial charge on any atom is 0.252 e. The quantitative estimate of drug-likeness (QED) is 0.510.